The van der Waals surface area contributed by atoms with Gasteiger partial charge in [-0.05, 0) is 130 Å². The van der Waals surface area contributed by atoms with Crippen LogP contribution in [-0.2, 0) is 0 Å². The van der Waals surface area contributed by atoms with Gasteiger partial charge in [-0.3, -0.25) is 0 Å². The molecule has 0 N–H and O–H groups in total. The number of halogens is 8. The predicted octanol–water partition coefficient (Wildman–Crippen LogP) is 13.9. The van der Waals surface area contributed by atoms with Gasteiger partial charge < -0.3 is 0 Å². The fraction of sp³-hybridized carbons (Fsp3) is 0.172. The summed E-state index contributed by atoms with van der Waals surface area (Å²) in [4.78, 5) is 0. The third-order valence-electron chi connectivity index (χ3n) is 12.3. The highest BCUT2D eigenvalue weighted by molar-refractivity contribution is 7.85. The Bertz CT molecular complexity index is 2720. The minimum Gasteiger partial charge on any atom is -0.242 e. The summed E-state index contributed by atoms with van der Waals surface area (Å²) in [6, 6.07) is 50.1. The quantitative estimate of drug-likeness (QED) is 0.0791. The molecule has 1 fully saturated rings. The molecule has 8 aromatic rings. The van der Waals surface area contributed by atoms with Crippen molar-refractivity contribution < 1.29 is 35.1 Å². The average Bonchev–Trinajstić information content (AvgIpc) is 3.37. The zero-order valence-electron chi connectivity index (χ0n) is 39.7. The van der Waals surface area contributed by atoms with E-state index in [1.54, 1.807) is 146 Å². The minimum absolute atomic E-state index is 0.126. The Balaban J connectivity index is 0.000000194. The Hall–Kier alpha value is -5.16. The van der Waals surface area contributed by atoms with Crippen LogP contribution in [0.15, 0.2) is 194 Å². The third kappa shape index (κ3) is 11.8. The molecule has 370 valence electrons. The molecule has 14 heteroatoms. The van der Waals surface area contributed by atoms with Gasteiger partial charge in [0.05, 0.1) is 0 Å². The molecule has 1 aliphatic rings. The van der Waals surface area contributed by atoms with E-state index in [9.17, 15) is 0 Å². The Morgan fingerprint density at radius 3 is 0.750 bits per heavy atom. The van der Waals surface area contributed by atoms with Crippen LogP contribution < -0.4 is 42.4 Å². The van der Waals surface area contributed by atoms with Crippen LogP contribution in [0.5, 0.6) is 0 Å². The van der Waals surface area contributed by atoms with Crippen molar-refractivity contribution in [3.63, 3.8) is 0 Å². The molecule has 0 amide bonds. The monoisotopic (exact) mass is 1050 g/mol. The van der Waals surface area contributed by atoms with Gasteiger partial charge in [0.2, 0.25) is 0 Å². The molecule has 9 rings (SSSR count). The molecule has 0 spiro atoms. The van der Waals surface area contributed by atoms with E-state index < -0.39 is 78.8 Å². The number of rotatable bonds is 14. The Morgan fingerprint density at radius 2 is 0.542 bits per heavy atom. The summed E-state index contributed by atoms with van der Waals surface area (Å²) in [5.74, 6) is -3.58. The van der Waals surface area contributed by atoms with Gasteiger partial charge in [-0.25, -0.2) is 44.0 Å². The van der Waals surface area contributed by atoms with Crippen LogP contribution in [0.2, 0.25) is 0 Å². The van der Waals surface area contributed by atoms with E-state index in [0.717, 1.165) is 25.7 Å². The van der Waals surface area contributed by atoms with E-state index in [1.807, 2.05) is 18.3 Å². The van der Waals surface area contributed by atoms with E-state index in [4.69, 9.17) is 0 Å². The van der Waals surface area contributed by atoms with Gasteiger partial charge in [0.15, 0.2) is 0 Å². The molecule has 2 atom stereocenters. The second-order valence-electron chi connectivity index (χ2n) is 17.4. The number of hydrogen-bond acceptors (Lipinski definition) is 2. The second-order valence-corrected chi connectivity index (χ2v) is 26.1. The molecule has 0 aliphatic heterocycles. The van der Waals surface area contributed by atoms with Crippen LogP contribution in [-0.4, -0.2) is 21.0 Å². The van der Waals surface area contributed by atoms with Gasteiger partial charge in [-0.15, -0.1) is 0 Å². The Kier molecular flexibility index (Phi) is 18.2. The van der Waals surface area contributed by atoms with Gasteiger partial charge in [-0.1, -0.05) is 117 Å². The molecule has 1 aliphatic carbocycles. The molecule has 8 aromatic carbocycles. The van der Waals surface area contributed by atoms with Crippen LogP contribution in [0.4, 0.5) is 35.1 Å². The molecule has 1 saturated carbocycles. The molecular formula is C58H52F8N2P4. The van der Waals surface area contributed by atoms with Gasteiger partial charge in [-0.2, -0.15) is 0 Å². The zero-order chi connectivity index (χ0) is 50.9. The molecule has 72 heavy (non-hydrogen) atoms. The maximum Gasteiger partial charge on any atom is 0.132 e. The summed E-state index contributed by atoms with van der Waals surface area (Å²) < 4.78 is 127. The zero-order valence-corrected chi connectivity index (χ0v) is 43.3. The molecule has 0 aromatic heterocycles. The lowest BCUT2D eigenvalue weighted by Crippen LogP contribution is -2.44. The van der Waals surface area contributed by atoms with E-state index in [-0.39, 0.29) is 18.0 Å². The molecule has 2 nitrogen and oxygen atoms in total. The molecule has 2 unspecified atom stereocenters. The van der Waals surface area contributed by atoms with Crippen molar-refractivity contribution in [2.24, 2.45) is 5.92 Å². The van der Waals surface area contributed by atoms with E-state index >= 15 is 35.1 Å². The molecule has 0 heterocycles. The first-order valence-corrected chi connectivity index (χ1v) is 28.8. The molecule has 0 bridgehead atoms. The highest BCUT2D eigenvalue weighted by Gasteiger charge is 2.43. The first-order chi connectivity index (χ1) is 34.9. The largest absolute Gasteiger partial charge is 0.242 e. The van der Waals surface area contributed by atoms with Crippen LogP contribution in [0.1, 0.15) is 46.5 Å². The topological polar surface area (TPSA) is 6.48 Å². The normalized spacial score (nSPS) is 15.0. The highest BCUT2D eigenvalue weighted by Crippen LogP contribution is 2.60. The summed E-state index contributed by atoms with van der Waals surface area (Å²) in [6.07, 6.45) is 3.72. The van der Waals surface area contributed by atoms with Crippen molar-refractivity contribution >= 4 is 74.7 Å². The molecular weight excluding hydrogens is 1000 g/mol. The Morgan fingerprint density at radius 1 is 0.333 bits per heavy atom. The minimum atomic E-state index is -1.84. The SMILES string of the molecule is CC(C)N(P(c1ccccc1F)c1ccccc1F)P(c1ccccc1F)c1ccccc1F.CC1CCCCC1N(P(c1ccccc1F)c1ccccc1F)P(c1ccccc1F)c1ccccc1F. The van der Waals surface area contributed by atoms with Crippen LogP contribution >= 0.6 is 32.3 Å². The fourth-order valence-corrected chi connectivity index (χ4v) is 21.8. The first-order valence-electron chi connectivity index (χ1n) is 23.6. The number of nitrogens with zero attached hydrogens (tertiary/aromatic N) is 2. The van der Waals surface area contributed by atoms with E-state index in [2.05, 4.69) is 11.4 Å². The lowest BCUT2D eigenvalue weighted by atomic mass is 9.87. The van der Waals surface area contributed by atoms with Crippen molar-refractivity contribution in [1.82, 2.24) is 8.88 Å². The van der Waals surface area contributed by atoms with Crippen LogP contribution in [0.3, 0.4) is 0 Å². The van der Waals surface area contributed by atoms with Crippen LogP contribution in [0.25, 0.3) is 0 Å². The average molecular weight is 1050 g/mol. The summed E-state index contributed by atoms with van der Waals surface area (Å²) in [7, 11) is -7.33. The second kappa shape index (κ2) is 24.7. The van der Waals surface area contributed by atoms with Crippen molar-refractivity contribution in [3.05, 3.63) is 241 Å². The number of benzene rings is 8. The maximum atomic E-state index is 15.6. The van der Waals surface area contributed by atoms with Crippen molar-refractivity contribution in [2.45, 2.75) is 58.5 Å². The predicted molar refractivity (Wildman–Crippen MR) is 286 cm³/mol. The smallest absolute Gasteiger partial charge is 0.132 e. The first kappa shape index (κ1) is 53.1. The third-order valence-corrected chi connectivity index (χ3v) is 24.1. The summed E-state index contributed by atoms with van der Waals surface area (Å²) in [5, 5.41) is 2.62. The lowest BCUT2D eigenvalue weighted by Gasteiger charge is -2.47. The molecule has 0 saturated heterocycles. The van der Waals surface area contributed by atoms with Crippen molar-refractivity contribution in [1.29, 1.82) is 0 Å². The van der Waals surface area contributed by atoms with E-state index in [1.165, 1.54) is 48.5 Å². The van der Waals surface area contributed by atoms with E-state index in [0.29, 0.717) is 42.4 Å². The summed E-state index contributed by atoms with van der Waals surface area (Å²) >= 11 is 0. The summed E-state index contributed by atoms with van der Waals surface area (Å²) in [6.45, 7) is 5.91. The number of hydrogen-bond donors (Lipinski definition) is 0. The maximum absolute atomic E-state index is 15.6. The fourth-order valence-electron chi connectivity index (χ4n) is 8.97. The van der Waals surface area contributed by atoms with Gasteiger partial charge >= 0.3 is 0 Å². The van der Waals surface area contributed by atoms with Gasteiger partial charge in [0.25, 0.3) is 0 Å². The Labute approximate surface area is 422 Å². The standard InChI is InChI=1S/C31H29F4NP2.C27H23F4NP2/c1-22-12-2-7-17-27(22)36(37(28-18-8-3-13-23(28)32)29-19-9-4-14-24(29)33)38(30-20-10-5-15-25(30)34)31-21-11-6-16-26(31)35;1-19(2)32(33(24-15-7-3-11-20(24)28)25-16-8-4-12-21(25)29)34(26-17-9-5-13-22(26)30)27-18-10-6-14-23(27)31/h3-6,8-11,13-16,18-22,27H,2,7,12,17H2,1H3;3-19H,1-2H3. The van der Waals surface area contributed by atoms with Crippen molar-refractivity contribution in [3.8, 4) is 0 Å². The lowest BCUT2D eigenvalue weighted by molar-refractivity contribution is 0.262. The highest BCUT2D eigenvalue weighted by atomic mass is 31.2. The van der Waals surface area contributed by atoms with Crippen molar-refractivity contribution in [2.75, 3.05) is 0 Å². The molecule has 0 radical (unpaired) electrons. The van der Waals surface area contributed by atoms with Crippen LogP contribution in [0, 0.1) is 52.5 Å². The van der Waals surface area contributed by atoms with Gasteiger partial charge in [0.1, 0.15) is 46.5 Å². The van der Waals surface area contributed by atoms with Gasteiger partial charge in [0, 0.05) is 86.8 Å². The summed E-state index contributed by atoms with van der Waals surface area (Å²) in [5.41, 5.74) is 0.